The predicted octanol–water partition coefficient (Wildman–Crippen LogP) is 0.342. The summed E-state index contributed by atoms with van der Waals surface area (Å²) in [7, 11) is 3.76. The molecule has 5 heteroatoms. The average Bonchev–Trinajstić information content (AvgIpc) is 2.78. The lowest BCUT2D eigenvalue weighted by Gasteiger charge is -2.23. The lowest BCUT2D eigenvalue weighted by molar-refractivity contribution is -0.126. The highest BCUT2D eigenvalue weighted by atomic mass is 16.5. The quantitative estimate of drug-likeness (QED) is 0.615. The highest BCUT2D eigenvalue weighted by molar-refractivity contribution is 5.86. The fraction of sp³-hybridized carbons (Fsp3) is 0.923. The second-order valence-corrected chi connectivity index (χ2v) is 5.27. The summed E-state index contributed by atoms with van der Waals surface area (Å²) >= 11 is 0. The van der Waals surface area contributed by atoms with E-state index >= 15 is 0 Å². The van der Waals surface area contributed by atoms with Crippen LogP contribution < -0.4 is 11.1 Å². The first-order valence-corrected chi connectivity index (χ1v) is 6.83. The van der Waals surface area contributed by atoms with Crippen LogP contribution in [0.15, 0.2) is 0 Å². The number of amides is 1. The van der Waals surface area contributed by atoms with Crippen molar-refractivity contribution in [3.63, 3.8) is 0 Å². The fourth-order valence-electron chi connectivity index (χ4n) is 2.36. The Balaban J connectivity index is 2.11. The minimum absolute atomic E-state index is 0.0188. The van der Waals surface area contributed by atoms with Crippen molar-refractivity contribution in [3.8, 4) is 0 Å². The molecular formula is C13H27N3O2. The summed E-state index contributed by atoms with van der Waals surface area (Å²) in [6.07, 6.45) is 4.80. The van der Waals surface area contributed by atoms with Gasteiger partial charge in [0.2, 0.25) is 5.91 Å². The summed E-state index contributed by atoms with van der Waals surface area (Å²) in [4.78, 5) is 14.1. The smallest absolute Gasteiger partial charge is 0.240 e. The maximum Gasteiger partial charge on any atom is 0.240 e. The van der Waals surface area contributed by atoms with Gasteiger partial charge in [-0.05, 0) is 26.3 Å². The highest BCUT2D eigenvalue weighted by Crippen LogP contribution is 2.26. The lowest BCUT2D eigenvalue weighted by atomic mass is 9.98. The number of likely N-dealkylation sites (N-methyl/N-ethyl adjacent to an activating group) is 1. The number of hydrogen-bond acceptors (Lipinski definition) is 4. The molecule has 1 saturated carbocycles. The average molecular weight is 257 g/mol. The van der Waals surface area contributed by atoms with Gasteiger partial charge < -0.3 is 20.7 Å². The molecule has 0 aliphatic heterocycles. The van der Waals surface area contributed by atoms with E-state index in [1.807, 2.05) is 0 Å². The molecule has 3 N–H and O–H groups in total. The molecule has 5 nitrogen and oxygen atoms in total. The summed E-state index contributed by atoms with van der Waals surface area (Å²) in [6, 6.07) is 0. The molecule has 0 aromatic carbocycles. The van der Waals surface area contributed by atoms with Crippen LogP contribution in [-0.4, -0.2) is 56.7 Å². The molecular weight excluding hydrogens is 230 g/mol. The number of carbonyl (C=O) groups is 1. The van der Waals surface area contributed by atoms with E-state index in [9.17, 15) is 4.79 Å². The Labute approximate surface area is 110 Å². The number of carbonyl (C=O) groups excluding carboxylic acids is 1. The van der Waals surface area contributed by atoms with E-state index in [1.165, 1.54) is 0 Å². The summed E-state index contributed by atoms with van der Waals surface area (Å²) < 4.78 is 5.00. The second-order valence-electron chi connectivity index (χ2n) is 5.27. The molecule has 106 valence electrons. The van der Waals surface area contributed by atoms with Gasteiger partial charge in [-0.1, -0.05) is 12.8 Å². The van der Waals surface area contributed by atoms with E-state index in [4.69, 9.17) is 10.5 Å². The van der Waals surface area contributed by atoms with Crippen LogP contribution in [-0.2, 0) is 9.53 Å². The first kappa shape index (κ1) is 15.4. The standard InChI is InChI=1S/C13H27N3O2/c1-16(9-5-11-18-2)10-8-15-12(17)13(14)6-3-4-7-13/h3-11,14H2,1-2H3,(H,15,17). The number of rotatable bonds is 8. The molecule has 1 fully saturated rings. The van der Waals surface area contributed by atoms with Gasteiger partial charge in [0.05, 0.1) is 5.54 Å². The minimum atomic E-state index is -0.603. The van der Waals surface area contributed by atoms with Crippen molar-refractivity contribution < 1.29 is 9.53 Å². The molecule has 0 heterocycles. The Kier molecular flexibility index (Phi) is 6.60. The van der Waals surface area contributed by atoms with Crippen LogP contribution in [0.5, 0.6) is 0 Å². The molecule has 1 rings (SSSR count). The zero-order valence-corrected chi connectivity index (χ0v) is 11.7. The molecule has 0 atom stereocenters. The number of hydrogen-bond donors (Lipinski definition) is 2. The van der Waals surface area contributed by atoms with Gasteiger partial charge in [-0.3, -0.25) is 4.79 Å². The monoisotopic (exact) mass is 257 g/mol. The minimum Gasteiger partial charge on any atom is -0.385 e. The van der Waals surface area contributed by atoms with Gasteiger partial charge in [0.1, 0.15) is 0 Å². The summed E-state index contributed by atoms with van der Waals surface area (Å²) in [5, 5.41) is 2.95. The van der Waals surface area contributed by atoms with Crippen molar-refractivity contribution in [3.05, 3.63) is 0 Å². The normalized spacial score (nSPS) is 18.2. The van der Waals surface area contributed by atoms with Crippen LogP contribution in [0, 0.1) is 0 Å². The second kappa shape index (κ2) is 7.71. The molecule has 1 amide bonds. The molecule has 0 aromatic rings. The fourth-order valence-corrected chi connectivity index (χ4v) is 2.36. The van der Waals surface area contributed by atoms with Crippen LogP contribution >= 0.6 is 0 Å². The molecule has 1 aliphatic rings. The zero-order chi connectivity index (χ0) is 13.4. The maximum absolute atomic E-state index is 11.9. The Hall–Kier alpha value is -0.650. The van der Waals surface area contributed by atoms with Crippen molar-refractivity contribution in [1.29, 1.82) is 0 Å². The number of nitrogens with zero attached hydrogens (tertiary/aromatic N) is 1. The number of ether oxygens (including phenoxy) is 1. The molecule has 0 radical (unpaired) electrons. The Morgan fingerprint density at radius 3 is 2.67 bits per heavy atom. The Morgan fingerprint density at radius 2 is 2.06 bits per heavy atom. The van der Waals surface area contributed by atoms with Gasteiger partial charge in [-0.15, -0.1) is 0 Å². The van der Waals surface area contributed by atoms with E-state index in [-0.39, 0.29) is 5.91 Å². The van der Waals surface area contributed by atoms with Gasteiger partial charge >= 0.3 is 0 Å². The molecule has 0 unspecified atom stereocenters. The number of nitrogens with one attached hydrogen (secondary N) is 1. The molecule has 0 saturated heterocycles. The third-order valence-electron chi connectivity index (χ3n) is 3.62. The SMILES string of the molecule is COCCCN(C)CCNC(=O)C1(N)CCCC1. The summed E-state index contributed by atoms with van der Waals surface area (Å²) in [5.41, 5.74) is 5.47. The third-order valence-corrected chi connectivity index (χ3v) is 3.62. The molecule has 0 aromatic heterocycles. The summed E-state index contributed by atoms with van der Waals surface area (Å²) in [6.45, 7) is 3.28. The topological polar surface area (TPSA) is 67.6 Å². The van der Waals surface area contributed by atoms with Crippen LogP contribution in [0.25, 0.3) is 0 Å². The van der Waals surface area contributed by atoms with Gasteiger partial charge in [0.25, 0.3) is 0 Å². The van der Waals surface area contributed by atoms with Gasteiger partial charge in [-0.2, -0.15) is 0 Å². The van der Waals surface area contributed by atoms with E-state index in [1.54, 1.807) is 7.11 Å². The van der Waals surface area contributed by atoms with Crippen LogP contribution in [0.1, 0.15) is 32.1 Å². The van der Waals surface area contributed by atoms with Crippen molar-refractivity contribution in [2.45, 2.75) is 37.6 Å². The first-order valence-electron chi connectivity index (χ1n) is 6.83. The first-order chi connectivity index (χ1) is 8.58. The van der Waals surface area contributed by atoms with E-state index in [2.05, 4.69) is 17.3 Å². The van der Waals surface area contributed by atoms with Crippen molar-refractivity contribution in [1.82, 2.24) is 10.2 Å². The zero-order valence-electron chi connectivity index (χ0n) is 11.7. The van der Waals surface area contributed by atoms with Gasteiger partial charge in [0.15, 0.2) is 0 Å². The number of methoxy groups -OCH3 is 1. The van der Waals surface area contributed by atoms with E-state index in [0.29, 0.717) is 6.54 Å². The Bertz CT molecular complexity index is 253. The number of nitrogens with two attached hydrogens (primary N) is 1. The van der Waals surface area contributed by atoms with Crippen molar-refractivity contribution in [2.24, 2.45) is 5.73 Å². The van der Waals surface area contributed by atoms with Crippen LogP contribution in [0.3, 0.4) is 0 Å². The molecule has 0 spiro atoms. The molecule has 0 bridgehead atoms. The maximum atomic E-state index is 11.9. The van der Waals surface area contributed by atoms with Gasteiger partial charge in [0, 0.05) is 33.4 Å². The molecule has 18 heavy (non-hydrogen) atoms. The van der Waals surface area contributed by atoms with Crippen LogP contribution in [0.4, 0.5) is 0 Å². The third kappa shape index (κ3) is 4.92. The highest BCUT2D eigenvalue weighted by Gasteiger charge is 2.36. The van der Waals surface area contributed by atoms with E-state index in [0.717, 1.165) is 51.8 Å². The summed E-state index contributed by atoms with van der Waals surface area (Å²) in [5.74, 6) is 0.0188. The largest absolute Gasteiger partial charge is 0.385 e. The predicted molar refractivity (Wildman–Crippen MR) is 72.4 cm³/mol. The Morgan fingerprint density at radius 1 is 1.39 bits per heavy atom. The van der Waals surface area contributed by atoms with E-state index < -0.39 is 5.54 Å². The van der Waals surface area contributed by atoms with Crippen molar-refractivity contribution >= 4 is 5.91 Å². The van der Waals surface area contributed by atoms with Gasteiger partial charge in [-0.25, -0.2) is 0 Å². The van der Waals surface area contributed by atoms with Crippen LogP contribution in [0.2, 0.25) is 0 Å². The molecule has 1 aliphatic carbocycles. The lowest BCUT2D eigenvalue weighted by Crippen LogP contribution is -2.52. The van der Waals surface area contributed by atoms with Crippen molar-refractivity contribution in [2.75, 3.05) is 40.4 Å².